The average molecular weight is 592 g/mol. The maximum absolute atomic E-state index is 13.8. The van der Waals surface area contributed by atoms with E-state index in [2.05, 4.69) is 15.6 Å². The van der Waals surface area contributed by atoms with Crippen LogP contribution in [-0.4, -0.2) is 42.9 Å². The quantitative estimate of drug-likeness (QED) is 0.320. The van der Waals surface area contributed by atoms with Gasteiger partial charge >= 0.3 is 6.18 Å². The van der Waals surface area contributed by atoms with E-state index in [1.165, 1.54) is 19.2 Å². The Bertz CT molecular complexity index is 1570. The molecule has 222 valence electrons. The molecule has 1 heterocycles. The van der Waals surface area contributed by atoms with Crippen LogP contribution in [0.1, 0.15) is 47.4 Å². The molecule has 1 aliphatic heterocycles. The van der Waals surface area contributed by atoms with Gasteiger partial charge in [0.1, 0.15) is 5.75 Å². The maximum atomic E-state index is 13.8. The summed E-state index contributed by atoms with van der Waals surface area (Å²) >= 11 is 0. The monoisotopic (exact) mass is 591 g/mol. The molecule has 3 aromatic rings. The average Bonchev–Trinajstić information content (AvgIpc) is 3.12. The number of ether oxygens (including phenoxy) is 1. The molecule has 0 aromatic heterocycles. The number of nitrogens with one attached hydrogen (secondary N) is 2. The second kappa shape index (κ2) is 13.2. The van der Waals surface area contributed by atoms with Crippen molar-refractivity contribution in [2.75, 3.05) is 12.4 Å². The van der Waals surface area contributed by atoms with Gasteiger partial charge < -0.3 is 21.1 Å². The van der Waals surface area contributed by atoms with Crippen molar-refractivity contribution in [2.24, 2.45) is 16.6 Å². The Morgan fingerprint density at radius 2 is 1.77 bits per heavy atom. The molecule has 1 aliphatic rings. The highest BCUT2D eigenvalue weighted by molar-refractivity contribution is 6.20. The van der Waals surface area contributed by atoms with Crippen LogP contribution in [-0.2, 0) is 14.4 Å². The first-order valence-electron chi connectivity index (χ1n) is 13.3. The fraction of sp³-hybridized carbons (Fsp3) is 0.258. The first-order valence-corrected chi connectivity index (χ1v) is 13.3. The number of hydrogen-bond acceptors (Lipinski definition) is 6. The third-order valence-electron chi connectivity index (χ3n) is 6.97. The topological polar surface area (TPSA) is 147 Å². The molecule has 0 radical (unpaired) electrons. The van der Waals surface area contributed by atoms with Crippen LogP contribution >= 0.6 is 0 Å². The number of hydrogen-bond donors (Lipinski definition) is 3. The Morgan fingerprint density at radius 3 is 2.35 bits per heavy atom. The van der Waals surface area contributed by atoms with Crippen molar-refractivity contribution in [1.29, 1.82) is 5.26 Å². The minimum absolute atomic E-state index is 0.181. The van der Waals surface area contributed by atoms with Gasteiger partial charge in [0.2, 0.25) is 18.0 Å². The number of nitriles is 1. The van der Waals surface area contributed by atoms with Crippen molar-refractivity contribution in [3.8, 4) is 11.8 Å². The highest BCUT2D eigenvalue weighted by atomic mass is 19.4. The third-order valence-corrected chi connectivity index (χ3v) is 6.97. The van der Waals surface area contributed by atoms with Crippen molar-refractivity contribution in [2.45, 2.75) is 37.5 Å². The largest absolute Gasteiger partial charge is 0.495 e. The van der Waals surface area contributed by atoms with E-state index in [1.807, 2.05) is 6.07 Å². The summed E-state index contributed by atoms with van der Waals surface area (Å²) in [4.78, 5) is 44.4. The highest BCUT2D eigenvalue weighted by Gasteiger charge is 2.38. The van der Waals surface area contributed by atoms with E-state index in [4.69, 9.17) is 10.5 Å². The predicted octanol–water partition coefficient (Wildman–Crippen LogP) is 4.42. The molecule has 0 bridgehead atoms. The zero-order valence-corrected chi connectivity index (χ0v) is 23.0. The Balaban J connectivity index is 1.76. The second-order valence-corrected chi connectivity index (χ2v) is 9.86. The van der Waals surface area contributed by atoms with Crippen LogP contribution in [0.4, 0.5) is 18.9 Å². The Hall–Kier alpha value is -5.18. The van der Waals surface area contributed by atoms with Crippen molar-refractivity contribution < 1.29 is 32.3 Å². The van der Waals surface area contributed by atoms with Crippen LogP contribution < -0.4 is 21.1 Å². The van der Waals surface area contributed by atoms with Gasteiger partial charge in [0.15, 0.2) is 0 Å². The number of nitrogens with zero attached hydrogens (tertiary/aromatic N) is 2. The number of alkyl halides is 3. The Kier molecular flexibility index (Phi) is 9.45. The van der Waals surface area contributed by atoms with Gasteiger partial charge in [0, 0.05) is 23.6 Å². The van der Waals surface area contributed by atoms with Crippen LogP contribution in [0.15, 0.2) is 77.8 Å². The van der Waals surface area contributed by atoms with Gasteiger partial charge in [-0.15, -0.1) is 0 Å². The smallest absolute Gasteiger partial charge is 0.389 e. The fourth-order valence-electron chi connectivity index (χ4n) is 5.00. The van der Waals surface area contributed by atoms with Crippen molar-refractivity contribution in [3.05, 3.63) is 95.1 Å². The SMILES string of the molecule is COc1cc(C#N)cc2c1NC(=O)C(NC(=O)C(CCCC(F)(F)F)C(C(N)=O)c1ccccc1)N=C2c1ccccc1. The normalized spacial score (nSPS) is 15.9. The number of carbonyl (C=O) groups is 3. The molecule has 3 unspecified atom stereocenters. The van der Waals surface area contributed by atoms with Gasteiger partial charge in [0.05, 0.1) is 42.0 Å². The molecule has 9 nitrogen and oxygen atoms in total. The van der Waals surface area contributed by atoms with Gasteiger partial charge in [-0.1, -0.05) is 60.7 Å². The van der Waals surface area contributed by atoms with Crippen LogP contribution in [0.2, 0.25) is 0 Å². The van der Waals surface area contributed by atoms with E-state index in [0.717, 1.165) is 0 Å². The van der Waals surface area contributed by atoms with Crippen molar-refractivity contribution in [3.63, 3.8) is 0 Å². The third kappa shape index (κ3) is 7.37. The number of benzene rings is 3. The van der Waals surface area contributed by atoms with E-state index in [9.17, 15) is 32.8 Å². The number of primary amides is 1. The number of rotatable bonds is 10. The lowest BCUT2D eigenvalue weighted by Gasteiger charge is -2.26. The van der Waals surface area contributed by atoms with Crippen molar-refractivity contribution >= 4 is 29.1 Å². The molecule has 0 aliphatic carbocycles. The molecule has 3 aromatic carbocycles. The zero-order chi connectivity index (χ0) is 31.1. The van der Waals surface area contributed by atoms with E-state index in [1.54, 1.807) is 60.7 Å². The number of halogens is 3. The lowest BCUT2D eigenvalue weighted by Crippen LogP contribution is -2.47. The number of methoxy groups -OCH3 is 1. The van der Waals surface area contributed by atoms with E-state index >= 15 is 0 Å². The molecule has 0 spiro atoms. The lowest BCUT2D eigenvalue weighted by atomic mass is 9.81. The van der Waals surface area contributed by atoms with E-state index in [-0.39, 0.29) is 29.1 Å². The fourth-order valence-corrected chi connectivity index (χ4v) is 5.00. The number of anilines is 1. The molecular weight excluding hydrogens is 563 g/mol. The summed E-state index contributed by atoms with van der Waals surface area (Å²) in [5.74, 6) is -4.97. The minimum atomic E-state index is -4.47. The van der Waals surface area contributed by atoms with Gasteiger partial charge in [0.25, 0.3) is 5.91 Å². The van der Waals surface area contributed by atoms with Crippen LogP contribution in [0.3, 0.4) is 0 Å². The first-order chi connectivity index (χ1) is 20.5. The van der Waals surface area contributed by atoms with Crippen LogP contribution in [0.5, 0.6) is 5.75 Å². The lowest BCUT2D eigenvalue weighted by molar-refractivity contribution is -0.139. The molecule has 3 amide bonds. The summed E-state index contributed by atoms with van der Waals surface area (Å²) < 4.78 is 44.5. The minimum Gasteiger partial charge on any atom is -0.495 e. The van der Waals surface area contributed by atoms with Crippen molar-refractivity contribution in [1.82, 2.24) is 5.32 Å². The van der Waals surface area contributed by atoms with Crippen LogP contribution in [0, 0.1) is 17.2 Å². The summed E-state index contributed by atoms with van der Waals surface area (Å²) in [5.41, 5.74) is 7.63. The molecule has 0 fully saturated rings. The number of benzodiazepines with no additional fused rings is 1. The standard InChI is InChI=1S/C31H28F3N5O4/c1-43-23-16-18(17-35)15-22-25(20-11-6-3-7-12-20)37-28(30(42)38-26(22)23)39-29(41)21(13-8-14-31(32,33)34)24(27(36)40)19-9-4-2-5-10-19/h2-7,9-12,15-16,21,24,28H,8,13-14H2,1H3,(H2,36,40)(H,38,42)(H,39,41). The molecule has 4 N–H and O–H groups in total. The van der Waals surface area contributed by atoms with Gasteiger partial charge in [-0.3, -0.25) is 14.4 Å². The zero-order valence-electron chi connectivity index (χ0n) is 23.0. The summed E-state index contributed by atoms with van der Waals surface area (Å²) in [7, 11) is 1.37. The number of aliphatic imine (C=N–C) groups is 1. The van der Waals surface area contributed by atoms with Gasteiger partial charge in [-0.2, -0.15) is 18.4 Å². The number of amides is 3. The predicted molar refractivity (Wildman–Crippen MR) is 152 cm³/mol. The number of nitrogens with two attached hydrogens (primary N) is 1. The number of fused-ring (bicyclic) bond motifs is 1. The van der Waals surface area contributed by atoms with E-state index in [0.29, 0.717) is 16.7 Å². The molecule has 0 saturated heterocycles. The highest BCUT2D eigenvalue weighted by Crippen LogP contribution is 2.35. The molecule has 4 rings (SSSR count). The van der Waals surface area contributed by atoms with Crippen LogP contribution in [0.25, 0.3) is 0 Å². The molecule has 12 heteroatoms. The summed E-state index contributed by atoms with van der Waals surface area (Å²) in [5, 5.41) is 14.8. The number of carbonyl (C=O) groups excluding carboxylic acids is 3. The second-order valence-electron chi connectivity index (χ2n) is 9.86. The summed E-state index contributed by atoms with van der Waals surface area (Å²) in [6.45, 7) is 0. The summed E-state index contributed by atoms with van der Waals surface area (Å²) in [6.07, 6.45) is -7.99. The van der Waals surface area contributed by atoms with E-state index < -0.39 is 54.7 Å². The maximum Gasteiger partial charge on any atom is 0.389 e. The first kappa shape index (κ1) is 30.8. The Morgan fingerprint density at radius 1 is 1.12 bits per heavy atom. The molecule has 43 heavy (non-hydrogen) atoms. The molecule has 0 saturated carbocycles. The van der Waals surface area contributed by atoms with Gasteiger partial charge in [-0.25, -0.2) is 4.99 Å². The molecular formula is C31H28F3N5O4. The van der Waals surface area contributed by atoms with Gasteiger partial charge in [-0.05, 0) is 24.5 Å². The summed E-state index contributed by atoms with van der Waals surface area (Å²) in [6, 6.07) is 21.7. The molecule has 3 atom stereocenters. The Labute approximate surface area is 245 Å².